The lowest BCUT2D eigenvalue weighted by molar-refractivity contribution is -0.136. The van der Waals surface area contributed by atoms with Gasteiger partial charge < -0.3 is 29.7 Å². The highest BCUT2D eigenvalue weighted by Crippen LogP contribution is 2.35. The van der Waals surface area contributed by atoms with Crippen LogP contribution in [0.25, 0.3) is 44.4 Å². The van der Waals surface area contributed by atoms with Gasteiger partial charge in [-0.1, -0.05) is 62.4 Å². The minimum Gasteiger partial charge on any atom is -0.453 e. The van der Waals surface area contributed by atoms with Gasteiger partial charge in [-0.3, -0.25) is 14.5 Å². The summed E-state index contributed by atoms with van der Waals surface area (Å²) in [4.78, 5) is 70.2. The van der Waals surface area contributed by atoms with Gasteiger partial charge in [-0.15, -0.1) is 0 Å². The van der Waals surface area contributed by atoms with Gasteiger partial charge in [-0.2, -0.15) is 0 Å². The van der Waals surface area contributed by atoms with Crippen molar-refractivity contribution in [1.29, 1.82) is 0 Å². The molecule has 2 aliphatic heterocycles. The van der Waals surface area contributed by atoms with E-state index in [4.69, 9.17) is 14.5 Å². The van der Waals surface area contributed by atoms with E-state index in [1.54, 1.807) is 11.1 Å². The lowest BCUT2D eigenvalue weighted by atomic mass is 9.98. The monoisotopic (exact) mass is 745 g/mol. The number of ketones is 1. The molecule has 4 heterocycles. The minimum atomic E-state index is -0.841. The minimum absolute atomic E-state index is 0.0475. The topological polar surface area (TPSA) is 163 Å². The molecule has 3 atom stereocenters. The molecule has 0 spiro atoms. The highest BCUT2D eigenvalue weighted by molar-refractivity contribution is 5.94. The van der Waals surface area contributed by atoms with Crippen LogP contribution in [0.5, 0.6) is 0 Å². The fourth-order valence-electron chi connectivity index (χ4n) is 7.37. The molecule has 0 aliphatic carbocycles. The van der Waals surface area contributed by atoms with Crippen molar-refractivity contribution >= 4 is 34.6 Å². The number of aromatic nitrogens is 4. The number of likely N-dealkylation sites (tertiary alicyclic amines) is 2. The van der Waals surface area contributed by atoms with Crippen LogP contribution in [0, 0.1) is 5.92 Å². The molecule has 2 saturated heterocycles. The Balaban J connectivity index is 1.04. The van der Waals surface area contributed by atoms with Crippen LogP contribution in [0.1, 0.15) is 77.6 Å². The largest absolute Gasteiger partial charge is 0.453 e. The summed E-state index contributed by atoms with van der Waals surface area (Å²) in [5.74, 6) is 0.635. The molecule has 3 aromatic carbocycles. The molecule has 13 nitrogen and oxygen atoms in total. The third kappa shape index (κ3) is 7.96. The van der Waals surface area contributed by atoms with E-state index in [0.717, 1.165) is 57.4 Å². The highest BCUT2D eigenvalue weighted by atomic mass is 16.6. The average Bonchev–Trinajstić information content (AvgIpc) is 3.99. The van der Waals surface area contributed by atoms with Gasteiger partial charge >= 0.3 is 12.2 Å². The second-order valence-corrected chi connectivity index (χ2v) is 15.6. The number of amides is 3. The Kier molecular flexibility index (Phi) is 10.2. The Morgan fingerprint density at radius 1 is 0.891 bits per heavy atom. The number of carbonyl (C=O) groups excluding carboxylic acids is 4. The summed E-state index contributed by atoms with van der Waals surface area (Å²) in [6.45, 7) is 9.87. The molecule has 7 rings (SSSR count). The Morgan fingerprint density at radius 2 is 1.56 bits per heavy atom. The number of aromatic amines is 2. The molecular weight excluding hydrogens is 699 g/mol. The molecule has 0 saturated carbocycles. The zero-order valence-electron chi connectivity index (χ0n) is 32.0. The van der Waals surface area contributed by atoms with Crippen molar-refractivity contribution in [3.05, 3.63) is 84.7 Å². The fourth-order valence-corrected chi connectivity index (χ4v) is 7.37. The van der Waals surface area contributed by atoms with Crippen molar-refractivity contribution in [3.8, 4) is 33.6 Å². The molecule has 2 aliphatic rings. The van der Waals surface area contributed by atoms with Crippen LogP contribution in [0.15, 0.2) is 73.1 Å². The van der Waals surface area contributed by atoms with Crippen molar-refractivity contribution in [1.82, 2.24) is 35.1 Å². The number of hydrogen-bond donors (Lipinski definition) is 3. The smallest absolute Gasteiger partial charge is 0.410 e. The molecule has 3 N–H and O–H groups in total. The number of benzene rings is 3. The molecular formula is C42H47N7O6. The van der Waals surface area contributed by atoms with Gasteiger partial charge in [-0.25, -0.2) is 19.6 Å². The van der Waals surface area contributed by atoms with Gasteiger partial charge in [0.25, 0.3) is 0 Å². The Hall–Kier alpha value is -5.98. The number of methoxy groups -OCH3 is 1. The SMILES string of the molecule is COC(=O)NC(C(=O)N1CC(=O)C[C@H]1c1nc(-c2ccc(-c3ccc4cc(-c5cnc([C@@H]6CCCN6C(=O)OC(C)(C)C)[nH]5)ccc4c3)cc2)c[nH]1)C(C)C. The maximum absolute atomic E-state index is 13.5. The first-order chi connectivity index (χ1) is 26.3. The summed E-state index contributed by atoms with van der Waals surface area (Å²) >= 11 is 0. The van der Waals surface area contributed by atoms with Crippen LogP contribution in [-0.2, 0) is 19.1 Å². The van der Waals surface area contributed by atoms with Gasteiger partial charge in [0, 0.05) is 30.3 Å². The maximum atomic E-state index is 13.5. The van der Waals surface area contributed by atoms with E-state index >= 15 is 0 Å². The first-order valence-corrected chi connectivity index (χ1v) is 18.7. The number of fused-ring (bicyclic) bond motifs is 1. The maximum Gasteiger partial charge on any atom is 0.410 e. The normalized spacial score (nSPS) is 17.9. The van der Waals surface area contributed by atoms with Crippen molar-refractivity contribution in [2.75, 3.05) is 20.2 Å². The summed E-state index contributed by atoms with van der Waals surface area (Å²) in [7, 11) is 1.24. The molecule has 0 bridgehead atoms. The van der Waals surface area contributed by atoms with Crippen LogP contribution < -0.4 is 5.32 Å². The molecule has 55 heavy (non-hydrogen) atoms. The second kappa shape index (κ2) is 15.0. The predicted octanol–water partition coefficient (Wildman–Crippen LogP) is 7.58. The number of nitrogens with zero attached hydrogens (tertiary/aromatic N) is 4. The van der Waals surface area contributed by atoms with E-state index in [2.05, 4.69) is 68.8 Å². The van der Waals surface area contributed by atoms with Crippen LogP contribution in [0.3, 0.4) is 0 Å². The van der Waals surface area contributed by atoms with E-state index in [-0.39, 0.29) is 42.7 Å². The number of carbonyl (C=O) groups is 4. The molecule has 13 heteroatoms. The highest BCUT2D eigenvalue weighted by Gasteiger charge is 2.41. The van der Waals surface area contributed by atoms with E-state index in [9.17, 15) is 19.2 Å². The van der Waals surface area contributed by atoms with E-state index in [1.807, 2.05) is 52.9 Å². The molecule has 286 valence electrons. The molecule has 3 amide bonds. The first kappa shape index (κ1) is 37.3. The Morgan fingerprint density at radius 3 is 2.25 bits per heavy atom. The zero-order chi connectivity index (χ0) is 39.0. The number of imidazole rings is 2. The number of hydrogen-bond acceptors (Lipinski definition) is 8. The molecule has 1 unspecified atom stereocenters. The molecule has 5 aromatic rings. The van der Waals surface area contributed by atoms with Crippen molar-refractivity contribution in [2.45, 2.75) is 77.6 Å². The summed E-state index contributed by atoms with van der Waals surface area (Å²) in [6.07, 6.45) is 4.47. The summed E-state index contributed by atoms with van der Waals surface area (Å²) in [5, 5.41) is 4.79. The summed E-state index contributed by atoms with van der Waals surface area (Å²) < 4.78 is 10.4. The average molecular weight is 746 g/mol. The number of Topliss-reactive ketones (excluding diaryl/α,β-unsaturated/α-hetero) is 1. The summed E-state index contributed by atoms with van der Waals surface area (Å²) in [6, 6.07) is 19.3. The van der Waals surface area contributed by atoms with Gasteiger partial charge in [-0.05, 0) is 73.6 Å². The van der Waals surface area contributed by atoms with Gasteiger partial charge in [0.15, 0.2) is 5.78 Å². The lowest BCUT2D eigenvalue weighted by Crippen LogP contribution is -2.51. The van der Waals surface area contributed by atoms with Gasteiger partial charge in [0.05, 0.1) is 43.3 Å². The summed E-state index contributed by atoms with van der Waals surface area (Å²) in [5.41, 5.74) is 5.04. The quantitative estimate of drug-likeness (QED) is 0.146. The van der Waals surface area contributed by atoms with Crippen LogP contribution in [0.4, 0.5) is 9.59 Å². The number of alkyl carbamates (subject to hydrolysis) is 1. The van der Waals surface area contributed by atoms with Crippen molar-refractivity contribution < 1.29 is 28.7 Å². The van der Waals surface area contributed by atoms with Crippen LogP contribution in [0.2, 0.25) is 0 Å². The van der Waals surface area contributed by atoms with Crippen LogP contribution >= 0.6 is 0 Å². The standard InChI is InChI=1S/C42H47N7O6/c1-24(2)36(47-40(52)54-6)39(51)49-23-31(50)20-35(49)38-44-21-32(45-38)26-11-9-25(10-12-26)27-13-14-29-19-30(16-15-28(29)18-27)33-22-43-37(46-33)34-8-7-17-48(34)41(53)55-42(3,4)5/h9-16,18-19,21-22,24,34-36H,7-8,17,20,23H2,1-6H3,(H,43,46)(H,44,45)(H,47,52)/t34-,35-,36?/m0/s1. The zero-order valence-corrected chi connectivity index (χ0v) is 32.0. The lowest BCUT2D eigenvalue weighted by Gasteiger charge is -2.29. The number of H-pyrrole nitrogens is 2. The molecule has 2 fully saturated rings. The Bertz CT molecular complexity index is 2230. The fraction of sp³-hybridized carbons (Fsp3) is 0.381. The van der Waals surface area contributed by atoms with Crippen LogP contribution in [-0.4, -0.2) is 85.5 Å². The van der Waals surface area contributed by atoms with Crippen molar-refractivity contribution in [2.24, 2.45) is 5.92 Å². The third-order valence-corrected chi connectivity index (χ3v) is 10.2. The number of rotatable bonds is 8. The van der Waals surface area contributed by atoms with E-state index < -0.39 is 23.8 Å². The molecule has 2 aromatic heterocycles. The second-order valence-electron chi connectivity index (χ2n) is 15.6. The van der Waals surface area contributed by atoms with Gasteiger partial charge in [0.2, 0.25) is 5.91 Å². The number of nitrogens with one attached hydrogen (secondary N) is 3. The van der Waals surface area contributed by atoms with E-state index in [0.29, 0.717) is 18.1 Å². The first-order valence-electron chi connectivity index (χ1n) is 18.7. The predicted molar refractivity (Wildman–Crippen MR) is 208 cm³/mol. The Labute approximate surface area is 319 Å². The van der Waals surface area contributed by atoms with E-state index in [1.165, 1.54) is 12.0 Å². The van der Waals surface area contributed by atoms with Gasteiger partial charge in [0.1, 0.15) is 23.3 Å². The third-order valence-electron chi connectivity index (χ3n) is 10.2. The number of ether oxygens (including phenoxy) is 2. The van der Waals surface area contributed by atoms with Crippen molar-refractivity contribution in [3.63, 3.8) is 0 Å². The molecule has 0 radical (unpaired) electrons.